The minimum absolute atomic E-state index is 0.293. The van der Waals surface area contributed by atoms with Crippen LogP contribution >= 0.6 is 11.6 Å². The van der Waals surface area contributed by atoms with Gasteiger partial charge < -0.3 is 0 Å². The van der Waals surface area contributed by atoms with Crippen LogP contribution in [0.4, 0.5) is 0 Å². The average molecular weight is 1050 g/mol. The van der Waals surface area contributed by atoms with Crippen LogP contribution < -0.4 is 0 Å². The van der Waals surface area contributed by atoms with Gasteiger partial charge >= 0.3 is 0 Å². The molecule has 0 N–H and O–H groups in total. The van der Waals surface area contributed by atoms with Gasteiger partial charge in [0.2, 0.25) is 0 Å². The Kier molecular flexibility index (Phi) is 61.4. The number of benzene rings is 1. The van der Waals surface area contributed by atoms with Gasteiger partial charge in [0, 0.05) is 11.4 Å². The summed E-state index contributed by atoms with van der Waals surface area (Å²) in [5.74, 6) is 11.7. The number of hydrogen-bond donors (Lipinski definition) is 0. The van der Waals surface area contributed by atoms with Gasteiger partial charge in [0.25, 0.3) is 0 Å². The van der Waals surface area contributed by atoms with Gasteiger partial charge in [0.05, 0.1) is 0 Å². The third-order valence-corrected chi connectivity index (χ3v) is 13.8. The van der Waals surface area contributed by atoms with Crippen molar-refractivity contribution in [1.82, 2.24) is 0 Å². The molecule has 2 fully saturated rings. The fourth-order valence-corrected chi connectivity index (χ4v) is 7.16. The van der Waals surface area contributed by atoms with Crippen molar-refractivity contribution in [2.45, 2.75) is 310 Å². The molecule has 0 aromatic heterocycles. The van der Waals surface area contributed by atoms with Gasteiger partial charge in [-0.1, -0.05) is 326 Å². The van der Waals surface area contributed by atoms with Gasteiger partial charge in [0.1, 0.15) is 0 Å². The van der Waals surface area contributed by atoms with Crippen LogP contribution in [0.3, 0.4) is 0 Å². The number of ketones is 1. The second-order valence-corrected chi connectivity index (χ2v) is 27.8. The summed E-state index contributed by atoms with van der Waals surface area (Å²) in [7, 11) is 0. The van der Waals surface area contributed by atoms with Crippen molar-refractivity contribution >= 4 is 17.4 Å². The third-order valence-electron chi connectivity index (χ3n) is 13.4. The molecule has 0 bridgehead atoms. The van der Waals surface area contributed by atoms with Gasteiger partial charge in [-0.3, -0.25) is 4.79 Å². The molecule has 2 heteroatoms. The highest BCUT2D eigenvalue weighted by atomic mass is 35.5. The smallest absolute Gasteiger partial charge is 0.162 e. The Bertz CT molecular complexity index is 1310. The van der Waals surface area contributed by atoms with Gasteiger partial charge in [-0.05, 0) is 125 Å². The van der Waals surface area contributed by atoms with E-state index in [1.807, 2.05) is 36.4 Å². The number of allylic oxidation sites excluding steroid dienone is 4. The first-order valence-corrected chi connectivity index (χ1v) is 31.7. The summed E-state index contributed by atoms with van der Waals surface area (Å²) in [6.45, 7) is 65.0. The predicted molar refractivity (Wildman–Crippen MR) is 344 cm³/mol. The summed E-state index contributed by atoms with van der Waals surface area (Å²) in [5, 5.41) is 0.890. The van der Waals surface area contributed by atoms with Crippen molar-refractivity contribution in [2.75, 3.05) is 0 Å². The zero-order valence-corrected chi connectivity index (χ0v) is 56.6. The lowest BCUT2D eigenvalue weighted by atomic mass is 9.78. The molecular weight excluding hydrogens is 904 g/mol. The molecule has 73 heavy (non-hydrogen) atoms. The van der Waals surface area contributed by atoms with E-state index in [-0.39, 0.29) is 0 Å². The molecule has 0 saturated heterocycles. The van der Waals surface area contributed by atoms with E-state index in [0.29, 0.717) is 29.5 Å². The number of carbonyl (C=O) groups is 1. The third kappa shape index (κ3) is 68.6. The summed E-state index contributed by atoms with van der Waals surface area (Å²) in [4.78, 5) is 11.2. The molecular formula is C71H141ClO. The summed E-state index contributed by atoms with van der Waals surface area (Å²) in [5.41, 5.74) is 2.74. The first-order valence-electron chi connectivity index (χ1n) is 31.3. The van der Waals surface area contributed by atoms with Crippen molar-refractivity contribution in [3.8, 4) is 0 Å². The van der Waals surface area contributed by atoms with E-state index in [1.165, 1.54) is 95.5 Å². The van der Waals surface area contributed by atoms with Gasteiger partial charge in [-0.2, -0.15) is 0 Å². The van der Waals surface area contributed by atoms with Crippen molar-refractivity contribution in [3.05, 3.63) is 58.7 Å². The second kappa shape index (κ2) is 54.0. The van der Waals surface area contributed by atoms with E-state index in [4.69, 9.17) is 11.6 Å². The zero-order valence-electron chi connectivity index (χ0n) is 55.9. The van der Waals surface area contributed by atoms with Gasteiger partial charge in [-0.25, -0.2) is 0 Å². The molecule has 0 aliphatic heterocycles. The van der Waals surface area contributed by atoms with Crippen molar-refractivity contribution in [1.29, 1.82) is 0 Å². The minimum Gasteiger partial charge on any atom is -0.294 e. The fraction of sp³-hybridized carbons (Fsp3) is 0.845. The topological polar surface area (TPSA) is 17.1 Å². The highest BCUT2D eigenvalue weighted by molar-refractivity contribution is 6.31. The van der Waals surface area contributed by atoms with Crippen LogP contribution in [-0.4, -0.2) is 5.78 Å². The number of carbonyl (C=O) groups excluding carboxylic acids is 1. The lowest BCUT2D eigenvalue weighted by Crippen LogP contribution is -2.16. The summed E-state index contributed by atoms with van der Waals surface area (Å²) in [6, 6.07) is 8.03. The minimum atomic E-state index is 0.293. The standard InChI is InChI=1S/C10H13Cl.C10H14O.C8H16.C7H14.3C7H16.2C6H14.C3H8/c2*1-8(2)7-9-5-3-4-6-10(9)11;1-7(2)6-8-4-3-5-8;1-6(2)7-4-3-5-7;1-6(2)7(3,4)5;1-6(2)5-7(3)4;1-4-5-6-7(2)3;1-5(2)6(3)4;1-4-5-6(2)3;1-3-2/h3-6,8H,7H2,1-2H3;3-5,8H,6-7H2,1-2H3;7-8H,3-6H2,1-2H3;6-7H,3-5H2,1-2H3;6H,1-5H3;6-7H,5H2,1-4H3;7H,4-6H2,1-3H3;5-6H,1-4H3;6H,4-5H2,1-3H3;3H2,1-2H3. The Hall–Kier alpha value is -1.34. The van der Waals surface area contributed by atoms with Crippen LogP contribution in [0.2, 0.25) is 5.02 Å². The molecule has 3 aliphatic carbocycles. The predicted octanol–water partition coefficient (Wildman–Crippen LogP) is 25.7. The SMILES string of the molecule is CC(C)C(C)(C)C.CC(C)C(C)C.CC(C)C1CCC1.CC(C)CC(C)C.CC(C)CC1=CC=CCC1=O.CC(C)CC1CCC1.CC(C)Cc1ccccc1Cl.CCC.CCCC(C)C.CCCCC(C)C. The Morgan fingerprint density at radius 1 is 0.562 bits per heavy atom. The highest BCUT2D eigenvalue weighted by Gasteiger charge is 2.20. The Balaban J connectivity index is -0.000000173. The number of rotatable bonds is 15. The number of Topliss-reactive ketones (excluding diaryl/α,β-unsaturated/α-hetero) is 1. The van der Waals surface area contributed by atoms with Gasteiger partial charge in [-0.15, -0.1) is 0 Å². The highest BCUT2D eigenvalue weighted by Crippen LogP contribution is 2.33. The molecule has 3 aliphatic rings. The zero-order chi connectivity index (χ0) is 58.3. The molecule has 2 saturated carbocycles. The Morgan fingerprint density at radius 3 is 1.19 bits per heavy atom. The normalized spacial score (nSPS) is 14.0. The average Bonchev–Trinajstić information content (AvgIpc) is 3.20. The van der Waals surface area contributed by atoms with Crippen LogP contribution in [-0.2, 0) is 11.2 Å². The number of unbranched alkanes of at least 4 members (excludes halogenated alkanes) is 1. The maximum absolute atomic E-state index is 11.2. The Morgan fingerprint density at radius 2 is 1.00 bits per heavy atom. The lowest BCUT2D eigenvalue weighted by molar-refractivity contribution is -0.115. The van der Waals surface area contributed by atoms with Gasteiger partial charge in [0.15, 0.2) is 5.78 Å². The van der Waals surface area contributed by atoms with Crippen LogP contribution in [0.15, 0.2) is 48.1 Å². The van der Waals surface area contributed by atoms with E-state index in [1.54, 1.807) is 0 Å². The van der Waals surface area contributed by atoms with Crippen LogP contribution in [0.25, 0.3) is 0 Å². The molecule has 438 valence electrons. The number of halogens is 1. The maximum Gasteiger partial charge on any atom is 0.162 e. The van der Waals surface area contributed by atoms with Crippen molar-refractivity contribution in [3.63, 3.8) is 0 Å². The summed E-state index contributed by atoms with van der Waals surface area (Å²) in [6.07, 6.45) is 28.3. The molecule has 0 atom stereocenters. The lowest BCUT2D eigenvalue weighted by Gasteiger charge is -2.28. The molecule has 0 heterocycles. The largest absolute Gasteiger partial charge is 0.294 e. The quantitative estimate of drug-likeness (QED) is 0.171. The molecule has 0 spiro atoms. The fourth-order valence-electron chi connectivity index (χ4n) is 6.94. The molecule has 0 amide bonds. The van der Waals surface area contributed by atoms with Crippen LogP contribution in [0.5, 0.6) is 0 Å². The molecule has 1 nitrogen and oxygen atoms in total. The van der Waals surface area contributed by atoms with E-state index in [0.717, 1.165) is 88.5 Å². The first-order chi connectivity index (χ1) is 33.7. The summed E-state index contributed by atoms with van der Waals surface area (Å²) < 4.78 is 0. The van der Waals surface area contributed by atoms with Crippen LogP contribution in [0, 0.1) is 82.3 Å². The monoisotopic (exact) mass is 1050 g/mol. The first kappa shape index (κ1) is 83.0. The van der Waals surface area contributed by atoms with E-state index < -0.39 is 0 Å². The molecule has 4 rings (SSSR count). The molecule has 1 aromatic rings. The van der Waals surface area contributed by atoms with E-state index in [9.17, 15) is 4.79 Å². The molecule has 0 unspecified atom stereocenters. The molecule has 1 aromatic carbocycles. The van der Waals surface area contributed by atoms with E-state index >= 15 is 0 Å². The van der Waals surface area contributed by atoms with Crippen LogP contribution in [0.1, 0.15) is 309 Å². The summed E-state index contributed by atoms with van der Waals surface area (Å²) >= 11 is 5.97. The second-order valence-electron chi connectivity index (χ2n) is 27.4. The Labute approximate surface area is 470 Å². The molecule has 0 radical (unpaired) electrons. The van der Waals surface area contributed by atoms with Crippen molar-refractivity contribution in [2.24, 2.45) is 82.3 Å². The van der Waals surface area contributed by atoms with Crippen molar-refractivity contribution < 1.29 is 4.79 Å². The number of hydrogen-bond acceptors (Lipinski definition) is 1. The van der Waals surface area contributed by atoms with E-state index in [2.05, 4.69) is 207 Å². The maximum atomic E-state index is 11.2.